The Balaban J connectivity index is 1.76. The molecule has 7 heteroatoms. The van der Waals surface area contributed by atoms with Gasteiger partial charge in [-0.05, 0) is 62.2 Å². The molecule has 1 saturated carbocycles. The highest BCUT2D eigenvalue weighted by Gasteiger charge is 2.21. The zero-order valence-electron chi connectivity index (χ0n) is 17.5. The summed E-state index contributed by atoms with van der Waals surface area (Å²) in [5.74, 6) is 2.89. The van der Waals surface area contributed by atoms with E-state index in [2.05, 4.69) is 22.2 Å². The van der Waals surface area contributed by atoms with Crippen molar-refractivity contribution in [1.29, 1.82) is 0 Å². The first-order chi connectivity index (χ1) is 14.2. The lowest BCUT2D eigenvalue weighted by Gasteiger charge is -2.19. The predicted octanol–water partition coefficient (Wildman–Crippen LogP) is 5.84. The van der Waals surface area contributed by atoms with Gasteiger partial charge in [0, 0.05) is 5.92 Å². The lowest BCUT2D eigenvalue weighted by atomic mass is 9.89. The van der Waals surface area contributed by atoms with Gasteiger partial charge in [0.1, 0.15) is 0 Å². The van der Waals surface area contributed by atoms with Crippen molar-refractivity contribution in [3.8, 4) is 11.5 Å². The van der Waals surface area contributed by atoms with Crippen LogP contribution in [-0.2, 0) is 0 Å². The van der Waals surface area contributed by atoms with Gasteiger partial charge < -0.3 is 9.47 Å². The Labute approximate surface area is 178 Å². The highest BCUT2D eigenvalue weighted by atomic mass is 32.1. The number of rotatable bonds is 10. The number of H-pyrrole nitrogens is 1. The van der Waals surface area contributed by atoms with E-state index in [0.717, 1.165) is 42.1 Å². The zero-order chi connectivity index (χ0) is 20.5. The van der Waals surface area contributed by atoms with Crippen LogP contribution in [0.4, 0.5) is 0 Å². The van der Waals surface area contributed by atoms with Crippen LogP contribution in [0.25, 0.3) is 0 Å². The average molecular weight is 417 g/mol. The number of nitrogens with zero attached hydrogens (tertiary/aromatic N) is 3. The van der Waals surface area contributed by atoms with Crippen molar-refractivity contribution in [2.75, 3.05) is 13.2 Å². The number of nitrogens with one attached hydrogen (secondary N) is 1. The average Bonchev–Trinajstić information content (AvgIpc) is 3.12. The van der Waals surface area contributed by atoms with Gasteiger partial charge >= 0.3 is 0 Å². The number of benzene rings is 1. The number of unbranched alkanes of at least 4 members (excludes halogenated alkanes) is 2. The molecule has 29 heavy (non-hydrogen) atoms. The van der Waals surface area contributed by atoms with E-state index >= 15 is 0 Å². The summed E-state index contributed by atoms with van der Waals surface area (Å²) in [5, 5.41) is 12.0. The molecule has 158 valence electrons. The minimum atomic E-state index is 0.423. The van der Waals surface area contributed by atoms with Gasteiger partial charge in [0.05, 0.1) is 19.4 Å². The fraction of sp³-hybridized carbons (Fsp3) is 0.591. The normalized spacial score (nSPS) is 15.1. The van der Waals surface area contributed by atoms with Crippen LogP contribution < -0.4 is 9.47 Å². The standard InChI is InChI=1S/C22H32N4O2S/c1-3-5-9-14-28-19-13-12-17(15-20(19)27-4-2)16-23-26-21(24-25-22(26)29)18-10-7-6-8-11-18/h12-13,15-16,18H,3-11,14H2,1-2H3,(H,25,29)/b23-16-. The molecule has 6 nitrogen and oxygen atoms in total. The summed E-state index contributed by atoms with van der Waals surface area (Å²) in [6.45, 7) is 5.45. The Morgan fingerprint density at radius 2 is 2.00 bits per heavy atom. The van der Waals surface area contributed by atoms with Crippen LogP contribution in [0.3, 0.4) is 0 Å². The van der Waals surface area contributed by atoms with Crippen molar-refractivity contribution in [3.05, 3.63) is 34.4 Å². The SMILES string of the molecule is CCCCCOc1ccc(/C=N\n2c(C3CCCCC3)n[nH]c2=S)cc1OCC. The predicted molar refractivity (Wildman–Crippen MR) is 119 cm³/mol. The summed E-state index contributed by atoms with van der Waals surface area (Å²) < 4.78 is 14.0. The summed E-state index contributed by atoms with van der Waals surface area (Å²) in [4.78, 5) is 0. The molecule has 1 aromatic heterocycles. The van der Waals surface area contributed by atoms with E-state index in [9.17, 15) is 0 Å². The topological polar surface area (TPSA) is 64.4 Å². The molecule has 3 rings (SSSR count). The fourth-order valence-electron chi connectivity index (χ4n) is 3.69. The molecule has 0 radical (unpaired) electrons. The van der Waals surface area contributed by atoms with Crippen LogP contribution >= 0.6 is 12.2 Å². The Bertz CT molecular complexity index is 853. The van der Waals surface area contributed by atoms with Crippen molar-refractivity contribution in [3.63, 3.8) is 0 Å². The molecule has 1 heterocycles. The van der Waals surface area contributed by atoms with Gasteiger partial charge in [-0.15, -0.1) is 0 Å². The van der Waals surface area contributed by atoms with Gasteiger partial charge in [-0.2, -0.15) is 14.9 Å². The molecular formula is C22H32N4O2S. The monoisotopic (exact) mass is 416 g/mol. The quantitative estimate of drug-likeness (QED) is 0.300. The van der Waals surface area contributed by atoms with E-state index in [0.29, 0.717) is 23.9 Å². The smallest absolute Gasteiger partial charge is 0.216 e. The summed E-state index contributed by atoms with van der Waals surface area (Å²) in [6.07, 6.45) is 11.3. The second-order valence-electron chi connectivity index (χ2n) is 7.47. The van der Waals surface area contributed by atoms with E-state index in [-0.39, 0.29) is 0 Å². The lowest BCUT2D eigenvalue weighted by Crippen LogP contribution is -2.10. The Morgan fingerprint density at radius 1 is 1.17 bits per heavy atom. The second kappa shape index (κ2) is 11.1. The van der Waals surface area contributed by atoms with Crippen molar-refractivity contribution in [2.24, 2.45) is 5.10 Å². The third-order valence-corrected chi connectivity index (χ3v) is 5.51. The number of hydrogen-bond acceptors (Lipinski definition) is 5. The van der Waals surface area contributed by atoms with Crippen LogP contribution in [0, 0.1) is 4.77 Å². The van der Waals surface area contributed by atoms with Crippen LogP contribution in [0.15, 0.2) is 23.3 Å². The first kappa shape index (κ1) is 21.6. The second-order valence-corrected chi connectivity index (χ2v) is 7.86. The van der Waals surface area contributed by atoms with E-state index in [1.54, 1.807) is 10.9 Å². The third-order valence-electron chi connectivity index (χ3n) is 5.24. The Hall–Kier alpha value is -2.15. The minimum Gasteiger partial charge on any atom is -0.490 e. The van der Waals surface area contributed by atoms with E-state index in [4.69, 9.17) is 21.7 Å². The molecule has 1 aliphatic carbocycles. The Morgan fingerprint density at radius 3 is 2.76 bits per heavy atom. The zero-order valence-corrected chi connectivity index (χ0v) is 18.3. The largest absolute Gasteiger partial charge is 0.490 e. The van der Waals surface area contributed by atoms with Crippen LogP contribution in [0.5, 0.6) is 11.5 Å². The summed E-state index contributed by atoms with van der Waals surface area (Å²) in [7, 11) is 0. The van der Waals surface area contributed by atoms with Gasteiger partial charge in [0.2, 0.25) is 4.77 Å². The first-order valence-corrected chi connectivity index (χ1v) is 11.2. The molecule has 0 spiro atoms. The summed E-state index contributed by atoms with van der Waals surface area (Å²) in [6, 6.07) is 5.91. The van der Waals surface area contributed by atoms with E-state index in [1.165, 1.54) is 32.1 Å². The molecule has 1 aromatic carbocycles. The molecule has 2 aromatic rings. The van der Waals surface area contributed by atoms with Gasteiger partial charge in [-0.3, -0.25) is 5.10 Å². The fourth-order valence-corrected chi connectivity index (χ4v) is 3.88. The molecule has 0 bridgehead atoms. The van der Waals surface area contributed by atoms with Gasteiger partial charge in [-0.25, -0.2) is 0 Å². The maximum Gasteiger partial charge on any atom is 0.216 e. The molecule has 0 amide bonds. The molecule has 0 saturated heterocycles. The van der Waals surface area contributed by atoms with Crippen LogP contribution in [0.1, 0.15) is 82.5 Å². The molecule has 1 fully saturated rings. The van der Waals surface area contributed by atoms with Crippen LogP contribution in [0.2, 0.25) is 0 Å². The molecule has 1 aliphatic rings. The minimum absolute atomic E-state index is 0.423. The highest BCUT2D eigenvalue weighted by molar-refractivity contribution is 7.71. The third kappa shape index (κ3) is 5.92. The maximum atomic E-state index is 5.91. The molecule has 1 N–H and O–H groups in total. The van der Waals surface area contributed by atoms with Gasteiger partial charge in [0.25, 0.3) is 0 Å². The van der Waals surface area contributed by atoms with Crippen molar-refractivity contribution >= 4 is 18.4 Å². The van der Waals surface area contributed by atoms with Crippen molar-refractivity contribution in [1.82, 2.24) is 14.9 Å². The maximum absolute atomic E-state index is 5.91. The number of ether oxygens (including phenoxy) is 2. The molecule has 0 aliphatic heterocycles. The molecular weight excluding hydrogens is 384 g/mol. The number of hydrogen-bond donors (Lipinski definition) is 1. The molecule has 0 unspecified atom stereocenters. The van der Waals surface area contributed by atoms with E-state index in [1.807, 2.05) is 25.1 Å². The van der Waals surface area contributed by atoms with Crippen molar-refractivity contribution < 1.29 is 9.47 Å². The highest BCUT2D eigenvalue weighted by Crippen LogP contribution is 2.32. The molecule has 0 atom stereocenters. The van der Waals surface area contributed by atoms with Crippen LogP contribution in [-0.4, -0.2) is 34.3 Å². The van der Waals surface area contributed by atoms with E-state index < -0.39 is 0 Å². The van der Waals surface area contributed by atoms with Crippen molar-refractivity contribution in [2.45, 2.75) is 71.1 Å². The van der Waals surface area contributed by atoms with Gasteiger partial charge in [-0.1, -0.05) is 39.0 Å². The number of aromatic nitrogens is 3. The Kier molecular flexibility index (Phi) is 8.28. The lowest BCUT2D eigenvalue weighted by molar-refractivity contribution is 0.271. The number of aromatic amines is 1. The summed E-state index contributed by atoms with van der Waals surface area (Å²) >= 11 is 5.40. The summed E-state index contributed by atoms with van der Waals surface area (Å²) in [5.41, 5.74) is 0.937. The first-order valence-electron chi connectivity index (χ1n) is 10.8. The van der Waals surface area contributed by atoms with Gasteiger partial charge in [0.15, 0.2) is 17.3 Å².